The zero-order valence-electron chi connectivity index (χ0n) is 9.14. The zero-order valence-corrected chi connectivity index (χ0v) is 9.96. The summed E-state index contributed by atoms with van der Waals surface area (Å²) in [7, 11) is 2.05. The summed E-state index contributed by atoms with van der Waals surface area (Å²) in [6, 6.07) is 0. The van der Waals surface area contributed by atoms with E-state index in [0.29, 0.717) is 0 Å². The van der Waals surface area contributed by atoms with Crippen LogP contribution in [0.2, 0.25) is 0 Å². The van der Waals surface area contributed by atoms with Crippen molar-refractivity contribution in [1.82, 2.24) is 4.90 Å². The lowest BCUT2D eigenvalue weighted by Crippen LogP contribution is -2.51. The normalized spacial score (nSPS) is 12.8. The van der Waals surface area contributed by atoms with Gasteiger partial charge in [0, 0.05) is 12.6 Å². The standard InChI is InChI=1S/C10H21NS/c1-7-9(2,3)10(4,5)11(6)8-12/h8H,7H2,1-6H3. The van der Waals surface area contributed by atoms with Gasteiger partial charge in [-0.3, -0.25) is 0 Å². The molecule has 0 aromatic rings. The van der Waals surface area contributed by atoms with Gasteiger partial charge in [-0.25, -0.2) is 0 Å². The lowest BCUT2D eigenvalue weighted by atomic mass is 9.72. The third-order valence-electron chi connectivity index (χ3n) is 3.58. The van der Waals surface area contributed by atoms with Gasteiger partial charge in [0.15, 0.2) is 0 Å². The highest BCUT2D eigenvalue weighted by molar-refractivity contribution is 7.78. The molecule has 12 heavy (non-hydrogen) atoms. The molecule has 0 bridgehead atoms. The second kappa shape index (κ2) is 3.73. The molecule has 0 spiro atoms. The molecule has 0 heterocycles. The molecule has 2 heteroatoms. The molecule has 0 saturated carbocycles. The third kappa shape index (κ3) is 1.98. The molecular formula is C10H21NS. The van der Waals surface area contributed by atoms with E-state index in [0.717, 1.165) is 6.42 Å². The van der Waals surface area contributed by atoms with Crippen molar-refractivity contribution in [2.75, 3.05) is 7.05 Å². The van der Waals surface area contributed by atoms with E-state index < -0.39 is 0 Å². The predicted molar refractivity (Wildman–Crippen MR) is 59.6 cm³/mol. The number of hydrogen-bond acceptors (Lipinski definition) is 1. The van der Waals surface area contributed by atoms with E-state index in [2.05, 4.69) is 39.5 Å². The second-order valence-electron chi connectivity index (χ2n) is 4.51. The van der Waals surface area contributed by atoms with Crippen molar-refractivity contribution in [3.63, 3.8) is 0 Å². The van der Waals surface area contributed by atoms with Gasteiger partial charge in [0.05, 0.1) is 5.49 Å². The van der Waals surface area contributed by atoms with E-state index in [1.54, 1.807) is 5.49 Å². The molecule has 0 aliphatic heterocycles. The largest absolute Gasteiger partial charge is 0.366 e. The Morgan fingerprint density at radius 3 is 1.92 bits per heavy atom. The van der Waals surface area contributed by atoms with Gasteiger partial charge in [-0.1, -0.05) is 33.0 Å². The van der Waals surface area contributed by atoms with Crippen molar-refractivity contribution in [3.05, 3.63) is 0 Å². The van der Waals surface area contributed by atoms with Crippen LogP contribution in [-0.4, -0.2) is 23.0 Å². The summed E-state index contributed by atoms with van der Waals surface area (Å²) in [5.74, 6) is 0. The molecule has 0 radical (unpaired) electrons. The molecule has 0 amide bonds. The summed E-state index contributed by atoms with van der Waals surface area (Å²) in [4.78, 5) is 2.12. The topological polar surface area (TPSA) is 3.24 Å². The van der Waals surface area contributed by atoms with Crippen molar-refractivity contribution in [2.24, 2.45) is 5.41 Å². The predicted octanol–water partition coefficient (Wildman–Crippen LogP) is 3.09. The van der Waals surface area contributed by atoms with E-state index in [4.69, 9.17) is 12.2 Å². The molecule has 0 fully saturated rings. The lowest BCUT2D eigenvalue weighted by molar-refractivity contribution is 0.0832. The monoisotopic (exact) mass is 187 g/mol. The maximum Gasteiger partial charge on any atom is 0.0642 e. The van der Waals surface area contributed by atoms with Crippen LogP contribution in [0.3, 0.4) is 0 Å². The zero-order chi connectivity index (χ0) is 9.99. The van der Waals surface area contributed by atoms with Gasteiger partial charge in [-0.05, 0) is 25.7 Å². The molecule has 0 aliphatic carbocycles. The Morgan fingerprint density at radius 2 is 1.67 bits per heavy atom. The molecule has 1 nitrogen and oxygen atoms in total. The minimum atomic E-state index is 0.128. The van der Waals surface area contributed by atoms with E-state index in [9.17, 15) is 0 Å². The highest BCUT2D eigenvalue weighted by Crippen LogP contribution is 2.36. The molecule has 0 aromatic heterocycles. The van der Waals surface area contributed by atoms with Crippen LogP contribution in [0.25, 0.3) is 0 Å². The first-order chi connectivity index (χ1) is 5.29. The molecule has 0 rings (SSSR count). The summed E-state index contributed by atoms with van der Waals surface area (Å²) >= 11 is 4.94. The molecule has 0 aromatic carbocycles. The summed E-state index contributed by atoms with van der Waals surface area (Å²) in [5.41, 5.74) is 2.15. The van der Waals surface area contributed by atoms with Gasteiger partial charge < -0.3 is 4.90 Å². The van der Waals surface area contributed by atoms with Gasteiger partial charge in [-0.2, -0.15) is 0 Å². The van der Waals surface area contributed by atoms with Crippen LogP contribution in [0, 0.1) is 5.41 Å². The van der Waals surface area contributed by atoms with Crippen molar-refractivity contribution >= 4 is 17.7 Å². The summed E-state index contributed by atoms with van der Waals surface area (Å²) in [6.07, 6.45) is 1.16. The van der Waals surface area contributed by atoms with Crippen LogP contribution in [0.4, 0.5) is 0 Å². The van der Waals surface area contributed by atoms with E-state index in [1.165, 1.54) is 0 Å². The van der Waals surface area contributed by atoms with Crippen LogP contribution < -0.4 is 0 Å². The van der Waals surface area contributed by atoms with Crippen LogP contribution in [0.1, 0.15) is 41.0 Å². The average molecular weight is 187 g/mol. The van der Waals surface area contributed by atoms with Crippen molar-refractivity contribution in [1.29, 1.82) is 0 Å². The van der Waals surface area contributed by atoms with E-state index in [1.807, 2.05) is 7.05 Å². The molecule has 72 valence electrons. The quantitative estimate of drug-likeness (QED) is 0.622. The molecular weight excluding hydrogens is 166 g/mol. The Hall–Kier alpha value is -0.110. The fourth-order valence-corrected chi connectivity index (χ4v) is 1.31. The highest BCUT2D eigenvalue weighted by Gasteiger charge is 2.37. The van der Waals surface area contributed by atoms with E-state index >= 15 is 0 Å². The number of rotatable bonds is 4. The molecule has 0 aliphatic rings. The van der Waals surface area contributed by atoms with Crippen molar-refractivity contribution in [3.8, 4) is 0 Å². The molecule has 0 atom stereocenters. The molecule has 0 N–H and O–H groups in total. The first-order valence-electron chi connectivity index (χ1n) is 4.48. The smallest absolute Gasteiger partial charge is 0.0642 e. The number of nitrogens with zero attached hydrogens (tertiary/aromatic N) is 1. The Kier molecular flexibility index (Phi) is 3.70. The Bertz CT molecular complexity index is 161. The number of thiocarbonyl (C=S) groups is 1. The minimum Gasteiger partial charge on any atom is -0.366 e. The highest BCUT2D eigenvalue weighted by atomic mass is 32.1. The Morgan fingerprint density at radius 1 is 1.25 bits per heavy atom. The Balaban J connectivity index is 4.69. The average Bonchev–Trinajstić information content (AvgIpc) is 2.02. The van der Waals surface area contributed by atoms with Gasteiger partial charge in [0.2, 0.25) is 0 Å². The number of hydrogen-bond donors (Lipinski definition) is 0. The first-order valence-corrected chi connectivity index (χ1v) is 4.95. The van der Waals surface area contributed by atoms with Crippen LogP contribution in [-0.2, 0) is 0 Å². The van der Waals surface area contributed by atoms with Crippen LogP contribution in [0.5, 0.6) is 0 Å². The molecule has 0 saturated heterocycles. The fourth-order valence-electron chi connectivity index (χ4n) is 1.04. The van der Waals surface area contributed by atoms with Gasteiger partial charge in [-0.15, -0.1) is 0 Å². The van der Waals surface area contributed by atoms with Gasteiger partial charge in [0.1, 0.15) is 0 Å². The fraction of sp³-hybridized carbons (Fsp3) is 0.900. The van der Waals surface area contributed by atoms with Crippen molar-refractivity contribution in [2.45, 2.75) is 46.6 Å². The van der Waals surface area contributed by atoms with Gasteiger partial charge >= 0.3 is 0 Å². The first kappa shape index (κ1) is 11.9. The van der Waals surface area contributed by atoms with E-state index in [-0.39, 0.29) is 11.0 Å². The third-order valence-corrected chi connectivity index (χ3v) is 3.90. The SMILES string of the molecule is CCC(C)(C)C(C)(C)N(C)C=S. The lowest BCUT2D eigenvalue weighted by Gasteiger charge is -2.46. The summed E-state index contributed by atoms with van der Waals surface area (Å²) in [5, 5.41) is 0. The Labute approximate surface area is 82.1 Å². The van der Waals surface area contributed by atoms with Crippen molar-refractivity contribution < 1.29 is 0 Å². The summed E-state index contributed by atoms with van der Waals surface area (Å²) in [6.45, 7) is 11.3. The van der Waals surface area contributed by atoms with Crippen LogP contribution >= 0.6 is 12.2 Å². The minimum absolute atomic E-state index is 0.128. The van der Waals surface area contributed by atoms with Crippen LogP contribution in [0.15, 0.2) is 0 Å². The van der Waals surface area contributed by atoms with Gasteiger partial charge in [0.25, 0.3) is 0 Å². The summed E-state index contributed by atoms with van der Waals surface area (Å²) < 4.78 is 0. The maximum absolute atomic E-state index is 4.94. The molecule has 0 unspecified atom stereocenters. The second-order valence-corrected chi connectivity index (χ2v) is 4.72. The maximum atomic E-state index is 4.94.